The van der Waals surface area contributed by atoms with Gasteiger partial charge in [-0.3, -0.25) is 29.3 Å². The first-order valence-electron chi connectivity index (χ1n) is 10.8. The third kappa shape index (κ3) is 3.79. The molecule has 1 amide bonds. The zero-order chi connectivity index (χ0) is 23.7. The normalized spacial score (nSPS) is 13.9. The predicted molar refractivity (Wildman–Crippen MR) is 125 cm³/mol. The number of carbonyl (C=O) groups excluding carboxylic acids is 1. The molecule has 0 unspecified atom stereocenters. The number of aromatic nitrogens is 2. The fourth-order valence-corrected chi connectivity index (χ4v) is 4.38. The first-order chi connectivity index (χ1) is 16.5. The van der Waals surface area contributed by atoms with Crippen LogP contribution in [0.3, 0.4) is 0 Å². The largest absolute Gasteiger partial charge is 0.459 e. The third-order valence-corrected chi connectivity index (χ3v) is 6.01. The number of nitro groups is 1. The maximum atomic E-state index is 13.4. The lowest BCUT2D eigenvalue weighted by molar-refractivity contribution is -0.385. The molecule has 1 aliphatic rings. The van der Waals surface area contributed by atoms with Crippen molar-refractivity contribution in [3.8, 4) is 0 Å². The van der Waals surface area contributed by atoms with Crippen molar-refractivity contribution in [1.82, 2.24) is 14.5 Å². The molecule has 1 fully saturated rings. The summed E-state index contributed by atoms with van der Waals surface area (Å²) in [4.78, 5) is 45.0. The van der Waals surface area contributed by atoms with Crippen LogP contribution < -0.4 is 10.5 Å². The molecule has 4 aromatic rings. The topological polar surface area (TPSA) is 115 Å². The monoisotopic (exact) mass is 459 g/mol. The second-order valence-corrected chi connectivity index (χ2v) is 7.97. The third-order valence-electron chi connectivity index (χ3n) is 6.01. The van der Waals surface area contributed by atoms with Gasteiger partial charge in [0, 0.05) is 44.0 Å². The number of pyridine rings is 2. The first kappa shape index (κ1) is 21.4. The van der Waals surface area contributed by atoms with Crippen LogP contribution in [-0.4, -0.2) is 51.5 Å². The Kier molecular flexibility index (Phi) is 5.54. The summed E-state index contributed by atoms with van der Waals surface area (Å²) >= 11 is 0. The van der Waals surface area contributed by atoms with Crippen LogP contribution in [0, 0.1) is 10.1 Å². The average molecular weight is 459 g/mol. The van der Waals surface area contributed by atoms with E-state index < -0.39 is 16.2 Å². The van der Waals surface area contributed by atoms with Crippen LogP contribution >= 0.6 is 0 Å². The van der Waals surface area contributed by atoms with Crippen LogP contribution in [0.5, 0.6) is 0 Å². The van der Waals surface area contributed by atoms with E-state index in [1.165, 1.54) is 10.8 Å². The van der Waals surface area contributed by atoms with E-state index >= 15 is 0 Å². The van der Waals surface area contributed by atoms with Crippen molar-refractivity contribution in [2.45, 2.75) is 6.54 Å². The molecule has 4 heterocycles. The number of rotatable bonds is 5. The van der Waals surface area contributed by atoms with Crippen molar-refractivity contribution in [3.63, 3.8) is 0 Å². The van der Waals surface area contributed by atoms with Gasteiger partial charge in [0.05, 0.1) is 23.2 Å². The van der Waals surface area contributed by atoms with Gasteiger partial charge in [-0.15, -0.1) is 0 Å². The number of furan rings is 1. The lowest BCUT2D eigenvalue weighted by atomic mass is 10.1. The van der Waals surface area contributed by atoms with Crippen LogP contribution in [0.15, 0.2) is 76.4 Å². The van der Waals surface area contributed by atoms with E-state index in [1.807, 2.05) is 4.90 Å². The molecular weight excluding hydrogens is 438 g/mol. The highest BCUT2D eigenvalue weighted by atomic mass is 16.6. The molecule has 0 saturated carbocycles. The number of para-hydroxylation sites is 1. The van der Waals surface area contributed by atoms with Gasteiger partial charge in [-0.2, -0.15) is 0 Å². The van der Waals surface area contributed by atoms with Crippen molar-refractivity contribution in [2.24, 2.45) is 0 Å². The molecule has 1 saturated heterocycles. The molecule has 0 aliphatic carbocycles. The average Bonchev–Trinajstić information content (AvgIpc) is 3.40. The summed E-state index contributed by atoms with van der Waals surface area (Å²) in [5, 5.41) is 12.8. The Balaban J connectivity index is 1.55. The molecule has 172 valence electrons. The summed E-state index contributed by atoms with van der Waals surface area (Å²) in [5.41, 5.74) is 0.596. The Morgan fingerprint density at radius 2 is 1.76 bits per heavy atom. The zero-order valence-corrected chi connectivity index (χ0v) is 18.2. The van der Waals surface area contributed by atoms with E-state index in [0.29, 0.717) is 42.8 Å². The van der Waals surface area contributed by atoms with E-state index in [2.05, 4.69) is 4.98 Å². The van der Waals surface area contributed by atoms with Gasteiger partial charge in [0.25, 0.3) is 5.91 Å². The smallest absolute Gasteiger partial charge is 0.357 e. The molecule has 3 aromatic heterocycles. The molecule has 1 aromatic carbocycles. The minimum absolute atomic E-state index is 0.189. The number of benzene rings is 1. The fourth-order valence-electron chi connectivity index (χ4n) is 4.38. The lowest BCUT2D eigenvalue weighted by Gasteiger charge is -2.36. The second-order valence-electron chi connectivity index (χ2n) is 7.97. The maximum Gasteiger partial charge on any atom is 0.357 e. The van der Waals surface area contributed by atoms with E-state index in [9.17, 15) is 19.7 Å². The van der Waals surface area contributed by atoms with E-state index in [0.717, 1.165) is 5.56 Å². The highest BCUT2D eigenvalue weighted by Crippen LogP contribution is 2.34. The van der Waals surface area contributed by atoms with E-state index in [-0.39, 0.29) is 18.2 Å². The molecule has 0 atom stereocenters. The Bertz CT molecular complexity index is 1410. The van der Waals surface area contributed by atoms with Crippen molar-refractivity contribution < 1.29 is 14.1 Å². The minimum atomic E-state index is -0.662. The maximum absolute atomic E-state index is 13.4. The Hall–Kier alpha value is -4.47. The molecule has 34 heavy (non-hydrogen) atoms. The van der Waals surface area contributed by atoms with Crippen molar-refractivity contribution in [2.75, 3.05) is 31.1 Å². The van der Waals surface area contributed by atoms with Crippen LogP contribution in [0.2, 0.25) is 0 Å². The number of fused-ring (bicyclic) bond motifs is 1. The standard InChI is InChI=1S/C24H21N5O5/c30-23(20-6-3-15-34-20)27-13-11-26(12-14-27)21-18-4-1-2-5-19(18)28(24(31)22(21)29(32)33)16-17-7-9-25-10-8-17/h1-10,15H,11-14,16H2. The molecule has 10 heteroatoms. The summed E-state index contributed by atoms with van der Waals surface area (Å²) < 4.78 is 6.64. The Morgan fingerprint density at radius 3 is 2.44 bits per heavy atom. The summed E-state index contributed by atoms with van der Waals surface area (Å²) in [6.45, 7) is 1.60. The number of nitrogens with zero attached hydrogens (tertiary/aromatic N) is 5. The molecular formula is C24H21N5O5. The van der Waals surface area contributed by atoms with Gasteiger partial charge >= 0.3 is 11.2 Å². The lowest BCUT2D eigenvalue weighted by Crippen LogP contribution is -2.49. The van der Waals surface area contributed by atoms with Gasteiger partial charge in [-0.1, -0.05) is 18.2 Å². The van der Waals surface area contributed by atoms with Gasteiger partial charge < -0.3 is 14.2 Å². The van der Waals surface area contributed by atoms with Crippen molar-refractivity contribution in [1.29, 1.82) is 0 Å². The summed E-state index contributed by atoms with van der Waals surface area (Å²) in [5.74, 6) is 0.0281. The number of amides is 1. The molecule has 5 rings (SSSR count). The molecule has 0 radical (unpaired) electrons. The summed E-state index contributed by atoms with van der Waals surface area (Å²) in [7, 11) is 0. The van der Waals surface area contributed by atoms with E-state index in [4.69, 9.17) is 4.42 Å². The number of hydrogen-bond donors (Lipinski definition) is 0. The minimum Gasteiger partial charge on any atom is -0.459 e. The van der Waals surface area contributed by atoms with Gasteiger partial charge in [-0.05, 0) is 35.9 Å². The molecule has 0 N–H and O–H groups in total. The quantitative estimate of drug-likeness (QED) is 0.333. The highest BCUT2D eigenvalue weighted by molar-refractivity contribution is 5.97. The second kappa shape index (κ2) is 8.81. The van der Waals surface area contributed by atoms with Crippen molar-refractivity contribution in [3.05, 3.63) is 99.0 Å². The van der Waals surface area contributed by atoms with Crippen LogP contribution in [0.1, 0.15) is 16.1 Å². The van der Waals surface area contributed by atoms with Crippen molar-refractivity contribution >= 4 is 28.2 Å². The van der Waals surface area contributed by atoms with Gasteiger partial charge in [0.15, 0.2) is 5.76 Å². The predicted octanol–water partition coefficient (Wildman–Crippen LogP) is 2.91. The number of anilines is 1. The summed E-state index contributed by atoms with van der Waals surface area (Å²) in [6, 6.07) is 14.0. The van der Waals surface area contributed by atoms with Crippen LogP contribution in [-0.2, 0) is 6.54 Å². The molecule has 10 nitrogen and oxygen atoms in total. The number of carbonyl (C=O) groups is 1. The number of hydrogen-bond acceptors (Lipinski definition) is 7. The first-order valence-corrected chi connectivity index (χ1v) is 10.8. The Morgan fingerprint density at radius 1 is 1.03 bits per heavy atom. The fraction of sp³-hybridized carbons (Fsp3) is 0.208. The molecule has 0 bridgehead atoms. The van der Waals surface area contributed by atoms with Gasteiger partial charge in [-0.25, -0.2) is 0 Å². The van der Waals surface area contributed by atoms with Gasteiger partial charge in [0.1, 0.15) is 5.69 Å². The SMILES string of the molecule is O=C(c1ccco1)N1CCN(c2c([N+](=O)[O-])c(=O)n(Cc3ccncc3)c3ccccc23)CC1. The highest BCUT2D eigenvalue weighted by Gasteiger charge is 2.32. The number of piperazine rings is 1. The summed E-state index contributed by atoms with van der Waals surface area (Å²) in [6.07, 6.45) is 4.68. The Labute approximate surface area is 193 Å². The van der Waals surface area contributed by atoms with Crippen LogP contribution in [0.4, 0.5) is 11.4 Å². The van der Waals surface area contributed by atoms with Gasteiger partial charge in [0.2, 0.25) is 0 Å². The molecule has 0 spiro atoms. The molecule has 1 aliphatic heterocycles. The van der Waals surface area contributed by atoms with Crippen LogP contribution in [0.25, 0.3) is 10.9 Å². The zero-order valence-electron chi connectivity index (χ0n) is 18.2. The van der Waals surface area contributed by atoms with E-state index in [1.54, 1.807) is 65.8 Å².